The molecule has 5 heteroatoms. The minimum Gasteiger partial charge on any atom is -0.481 e. The lowest BCUT2D eigenvalue weighted by molar-refractivity contribution is -0.146. The summed E-state index contributed by atoms with van der Waals surface area (Å²) in [6, 6.07) is 7.65. The van der Waals surface area contributed by atoms with Crippen molar-refractivity contribution < 1.29 is 14.7 Å². The highest BCUT2D eigenvalue weighted by Gasteiger charge is 2.70. The largest absolute Gasteiger partial charge is 0.481 e. The molecule has 0 aromatic heterocycles. The van der Waals surface area contributed by atoms with E-state index in [9.17, 15) is 14.7 Å². The third kappa shape index (κ3) is 2.13. The lowest BCUT2D eigenvalue weighted by Gasteiger charge is -2.23. The second kappa shape index (κ2) is 5.13. The molecule has 1 aromatic rings. The fraction of sp³-hybridized carbons (Fsp3) is 0.444. The van der Waals surface area contributed by atoms with Gasteiger partial charge in [-0.15, -0.1) is 11.8 Å². The van der Waals surface area contributed by atoms with Gasteiger partial charge in [0, 0.05) is 10.6 Å². The number of anilines is 1. The van der Waals surface area contributed by atoms with Gasteiger partial charge < -0.3 is 10.4 Å². The lowest BCUT2D eigenvalue weighted by Crippen LogP contribution is -2.36. The molecule has 2 saturated carbocycles. The van der Waals surface area contributed by atoms with Crippen LogP contribution in [-0.4, -0.2) is 23.2 Å². The Hall–Kier alpha value is -1.75. The number of carbonyl (C=O) groups excluding carboxylic acids is 1. The summed E-state index contributed by atoms with van der Waals surface area (Å²) >= 11 is 1.64. The van der Waals surface area contributed by atoms with Gasteiger partial charge in [-0.2, -0.15) is 0 Å². The van der Waals surface area contributed by atoms with Gasteiger partial charge in [0.2, 0.25) is 5.91 Å². The van der Waals surface area contributed by atoms with Crippen molar-refractivity contribution in [2.75, 3.05) is 11.6 Å². The maximum atomic E-state index is 12.8. The molecule has 1 aromatic carbocycles. The smallest absolute Gasteiger partial charge is 0.307 e. The Kier molecular flexibility index (Phi) is 3.30. The first kappa shape index (κ1) is 14.8. The summed E-state index contributed by atoms with van der Waals surface area (Å²) < 4.78 is 0. The van der Waals surface area contributed by atoms with Crippen LogP contribution in [0.1, 0.15) is 12.8 Å². The number of carboxylic acids is 1. The first-order valence-electron chi connectivity index (χ1n) is 7.93. The van der Waals surface area contributed by atoms with Crippen molar-refractivity contribution in [3.8, 4) is 0 Å². The van der Waals surface area contributed by atoms with Crippen LogP contribution in [0.4, 0.5) is 5.69 Å². The summed E-state index contributed by atoms with van der Waals surface area (Å²) in [5.74, 6) is -1.93. The van der Waals surface area contributed by atoms with Gasteiger partial charge in [0.15, 0.2) is 0 Å². The molecule has 1 amide bonds. The van der Waals surface area contributed by atoms with Crippen molar-refractivity contribution in [1.29, 1.82) is 0 Å². The number of rotatable bonds is 4. The molecule has 3 aliphatic rings. The molecule has 1 spiro atoms. The number of aliphatic carboxylic acids is 1. The van der Waals surface area contributed by atoms with Crippen LogP contribution < -0.4 is 5.32 Å². The third-order valence-corrected chi connectivity index (χ3v) is 6.53. The molecule has 2 N–H and O–H groups in total. The Morgan fingerprint density at radius 3 is 2.26 bits per heavy atom. The van der Waals surface area contributed by atoms with Crippen molar-refractivity contribution in [1.82, 2.24) is 0 Å². The van der Waals surface area contributed by atoms with Crippen LogP contribution in [0.5, 0.6) is 0 Å². The standard InChI is InChI=1S/C18H19NO3S/c1-23-11-4-2-10(3-5-11)19-16(20)14-12-6-7-13(15(14)17(21)22)18(12)8-9-18/h2-7,12-15H,8-9H2,1H3,(H,19,20)(H,21,22). The zero-order valence-electron chi connectivity index (χ0n) is 12.9. The molecule has 2 bridgehead atoms. The highest BCUT2D eigenvalue weighted by atomic mass is 32.2. The number of hydrogen-bond donors (Lipinski definition) is 2. The second-order valence-electron chi connectivity index (χ2n) is 6.78. The number of amides is 1. The Labute approximate surface area is 139 Å². The van der Waals surface area contributed by atoms with Crippen molar-refractivity contribution >= 4 is 29.3 Å². The van der Waals surface area contributed by atoms with Gasteiger partial charge >= 0.3 is 5.97 Å². The number of hydrogen-bond acceptors (Lipinski definition) is 3. The lowest BCUT2D eigenvalue weighted by atomic mass is 9.82. The molecular formula is C18H19NO3S. The van der Waals surface area contributed by atoms with E-state index in [1.54, 1.807) is 11.8 Å². The van der Waals surface area contributed by atoms with Crippen molar-refractivity contribution in [3.63, 3.8) is 0 Å². The zero-order valence-corrected chi connectivity index (χ0v) is 13.7. The van der Waals surface area contributed by atoms with E-state index >= 15 is 0 Å². The van der Waals surface area contributed by atoms with E-state index < -0.39 is 17.8 Å². The molecule has 4 rings (SSSR count). The molecule has 4 unspecified atom stereocenters. The molecule has 4 nitrogen and oxygen atoms in total. The summed E-state index contributed by atoms with van der Waals surface area (Å²) in [6.07, 6.45) is 8.21. The van der Waals surface area contributed by atoms with Crippen LogP contribution >= 0.6 is 11.8 Å². The fourth-order valence-electron chi connectivity index (χ4n) is 4.59. The van der Waals surface area contributed by atoms with Crippen molar-refractivity contribution in [2.45, 2.75) is 17.7 Å². The van der Waals surface area contributed by atoms with Gasteiger partial charge in [-0.3, -0.25) is 9.59 Å². The third-order valence-electron chi connectivity index (χ3n) is 5.79. The van der Waals surface area contributed by atoms with Crippen LogP contribution in [0, 0.1) is 29.1 Å². The number of carbonyl (C=O) groups is 2. The highest BCUT2D eigenvalue weighted by molar-refractivity contribution is 7.98. The number of allylic oxidation sites excluding steroid dienone is 2. The van der Waals surface area contributed by atoms with Gasteiger partial charge in [-0.1, -0.05) is 12.2 Å². The van der Waals surface area contributed by atoms with E-state index in [-0.39, 0.29) is 23.2 Å². The van der Waals surface area contributed by atoms with Crippen molar-refractivity contribution in [3.05, 3.63) is 36.4 Å². The second-order valence-corrected chi connectivity index (χ2v) is 7.66. The van der Waals surface area contributed by atoms with Crippen LogP contribution in [0.15, 0.2) is 41.3 Å². The number of carboxylic acid groups (broad SMARTS) is 1. The number of thioether (sulfide) groups is 1. The SMILES string of the molecule is CSc1ccc(NC(=O)C2C(C(=O)O)C3C=CC2C32CC2)cc1. The van der Waals surface area contributed by atoms with Crippen LogP contribution in [0.25, 0.3) is 0 Å². The first-order chi connectivity index (χ1) is 11.1. The summed E-state index contributed by atoms with van der Waals surface area (Å²) in [5.41, 5.74) is 0.793. The predicted octanol–water partition coefficient (Wildman–Crippen LogP) is 3.26. The van der Waals surface area contributed by atoms with E-state index in [2.05, 4.69) is 11.4 Å². The Morgan fingerprint density at radius 2 is 1.74 bits per heavy atom. The quantitative estimate of drug-likeness (QED) is 0.657. The molecule has 0 aliphatic heterocycles. The summed E-state index contributed by atoms with van der Waals surface area (Å²) in [7, 11) is 0. The normalized spacial score (nSPS) is 32.2. The maximum Gasteiger partial charge on any atom is 0.307 e. The molecular weight excluding hydrogens is 310 g/mol. The fourth-order valence-corrected chi connectivity index (χ4v) is 5.00. The minimum absolute atomic E-state index is 0.0274. The summed E-state index contributed by atoms with van der Waals surface area (Å²) in [6.45, 7) is 0. The number of benzene rings is 1. The van der Waals surface area contributed by atoms with E-state index in [0.29, 0.717) is 0 Å². The van der Waals surface area contributed by atoms with Gasteiger partial charge in [0.05, 0.1) is 11.8 Å². The van der Waals surface area contributed by atoms with Gasteiger partial charge in [0.25, 0.3) is 0 Å². The van der Waals surface area contributed by atoms with Crippen LogP contribution in [0.2, 0.25) is 0 Å². The van der Waals surface area contributed by atoms with E-state index in [1.165, 1.54) is 0 Å². The number of nitrogens with one attached hydrogen (secondary N) is 1. The molecule has 0 heterocycles. The Balaban J connectivity index is 1.57. The summed E-state index contributed by atoms with van der Waals surface area (Å²) in [4.78, 5) is 25.6. The molecule has 0 saturated heterocycles. The molecule has 120 valence electrons. The van der Waals surface area contributed by atoms with E-state index in [0.717, 1.165) is 23.4 Å². The molecule has 23 heavy (non-hydrogen) atoms. The monoisotopic (exact) mass is 329 g/mol. The zero-order chi connectivity index (χ0) is 16.2. The van der Waals surface area contributed by atoms with Gasteiger partial charge in [0.1, 0.15) is 0 Å². The van der Waals surface area contributed by atoms with E-state index in [4.69, 9.17) is 0 Å². The van der Waals surface area contributed by atoms with Gasteiger partial charge in [-0.25, -0.2) is 0 Å². The Bertz CT molecular complexity index is 693. The average molecular weight is 329 g/mol. The topological polar surface area (TPSA) is 66.4 Å². The van der Waals surface area contributed by atoms with Crippen LogP contribution in [-0.2, 0) is 9.59 Å². The van der Waals surface area contributed by atoms with Crippen LogP contribution in [0.3, 0.4) is 0 Å². The summed E-state index contributed by atoms with van der Waals surface area (Å²) in [5, 5.41) is 12.6. The first-order valence-corrected chi connectivity index (χ1v) is 9.15. The maximum absolute atomic E-state index is 12.8. The predicted molar refractivity (Wildman–Crippen MR) is 89.3 cm³/mol. The minimum atomic E-state index is -0.842. The Morgan fingerprint density at radius 1 is 1.13 bits per heavy atom. The molecule has 0 radical (unpaired) electrons. The van der Waals surface area contributed by atoms with Gasteiger partial charge in [-0.05, 0) is 60.6 Å². The highest BCUT2D eigenvalue weighted by Crippen LogP contribution is 2.72. The van der Waals surface area contributed by atoms with Crippen molar-refractivity contribution in [2.24, 2.45) is 29.1 Å². The molecule has 4 atom stereocenters. The van der Waals surface area contributed by atoms with E-state index in [1.807, 2.05) is 36.6 Å². The molecule has 2 fully saturated rings. The average Bonchev–Trinajstić information content (AvgIpc) is 3.21. The molecule has 3 aliphatic carbocycles.